The van der Waals surface area contributed by atoms with Crippen molar-refractivity contribution in [2.45, 2.75) is 13.0 Å². The van der Waals surface area contributed by atoms with Crippen molar-refractivity contribution in [2.24, 2.45) is 0 Å². The van der Waals surface area contributed by atoms with Gasteiger partial charge >= 0.3 is 5.97 Å². The maximum Gasteiger partial charge on any atom is 0.335 e. The largest absolute Gasteiger partial charge is 0.491 e. The van der Waals surface area contributed by atoms with E-state index in [9.17, 15) is 9.59 Å². The van der Waals surface area contributed by atoms with Crippen LogP contribution < -0.4 is 10.1 Å². The summed E-state index contributed by atoms with van der Waals surface area (Å²) in [6, 6.07) is 13.8. The van der Waals surface area contributed by atoms with E-state index in [1.807, 2.05) is 24.3 Å². The molecule has 2 aromatic carbocycles. The van der Waals surface area contributed by atoms with Gasteiger partial charge in [-0.2, -0.15) is 0 Å². The lowest BCUT2D eigenvalue weighted by Crippen LogP contribution is -2.24. The standard InChI is InChI=1S/C19H21NO5/c1-24-10-11-25-17-8-4-15(5-9-17)13-20-18(21)12-14-2-6-16(7-3-14)19(22)23/h2-9H,10-13H2,1H3,(H,20,21)(H,22,23). The first-order chi connectivity index (χ1) is 12.1. The first-order valence-electron chi connectivity index (χ1n) is 7.88. The van der Waals surface area contributed by atoms with Gasteiger partial charge in [0.15, 0.2) is 0 Å². The number of carbonyl (C=O) groups is 2. The van der Waals surface area contributed by atoms with Crippen LogP contribution in [-0.2, 0) is 22.5 Å². The Balaban J connectivity index is 1.78. The molecule has 2 N–H and O–H groups in total. The molecule has 6 nitrogen and oxygen atoms in total. The van der Waals surface area contributed by atoms with Crippen LogP contribution in [0.5, 0.6) is 5.75 Å². The Hall–Kier alpha value is -2.86. The van der Waals surface area contributed by atoms with Crippen molar-refractivity contribution < 1.29 is 24.2 Å². The molecular formula is C19H21NO5. The van der Waals surface area contributed by atoms with E-state index in [0.717, 1.165) is 16.9 Å². The predicted octanol–water partition coefficient (Wildman–Crippen LogP) is 2.27. The second-order valence-corrected chi connectivity index (χ2v) is 5.44. The van der Waals surface area contributed by atoms with Crippen molar-refractivity contribution >= 4 is 11.9 Å². The molecule has 0 aliphatic heterocycles. The summed E-state index contributed by atoms with van der Waals surface area (Å²) in [5, 5.41) is 11.7. The number of ether oxygens (including phenoxy) is 2. The number of benzene rings is 2. The molecule has 0 heterocycles. The third kappa shape index (κ3) is 6.27. The highest BCUT2D eigenvalue weighted by Crippen LogP contribution is 2.12. The van der Waals surface area contributed by atoms with Crippen molar-refractivity contribution in [3.8, 4) is 5.75 Å². The molecule has 0 spiro atoms. The number of carboxylic acids is 1. The molecule has 6 heteroatoms. The molecule has 2 rings (SSSR count). The molecule has 0 saturated carbocycles. The quantitative estimate of drug-likeness (QED) is 0.682. The molecule has 0 bridgehead atoms. The van der Waals surface area contributed by atoms with E-state index < -0.39 is 5.97 Å². The van der Waals surface area contributed by atoms with Gasteiger partial charge in [-0.25, -0.2) is 4.79 Å². The van der Waals surface area contributed by atoms with Gasteiger partial charge in [-0.1, -0.05) is 24.3 Å². The van der Waals surface area contributed by atoms with Crippen molar-refractivity contribution in [1.82, 2.24) is 5.32 Å². The number of hydrogen-bond acceptors (Lipinski definition) is 4. The van der Waals surface area contributed by atoms with Crippen LogP contribution in [0.15, 0.2) is 48.5 Å². The van der Waals surface area contributed by atoms with Gasteiger partial charge in [-0.3, -0.25) is 4.79 Å². The van der Waals surface area contributed by atoms with E-state index in [1.54, 1.807) is 19.2 Å². The summed E-state index contributed by atoms with van der Waals surface area (Å²) in [4.78, 5) is 22.8. The van der Waals surface area contributed by atoms with Gasteiger partial charge in [0.25, 0.3) is 0 Å². The molecule has 0 fully saturated rings. The third-order valence-corrected chi connectivity index (χ3v) is 3.53. The first-order valence-corrected chi connectivity index (χ1v) is 7.88. The lowest BCUT2D eigenvalue weighted by atomic mass is 10.1. The third-order valence-electron chi connectivity index (χ3n) is 3.53. The maximum atomic E-state index is 12.0. The Labute approximate surface area is 146 Å². The Morgan fingerprint density at radius 2 is 1.60 bits per heavy atom. The molecule has 132 valence electrons. The molecule has 0 aromatic heterocycles. The number of hydrogen-bond donors (Lipinski definition) is 2. The fraction of sp³-hybridized carbons (Fsp3) is 0.263. The van der Waals surface area contributed by atoms with E-state index in [1.165, 1.54) is 12.1 Å². The average molecular weight is 343 g/mol. The van der Waals surface area contributed by atoms with Crippen LogP contribution in [-0.4, -0.2) is 37.3 Å². The molecule has 0 aliphatic carbocycles. The fourth-order valence-electron chi connectivity index (χ4n) is 2.16. The average Bonchev–Trinajstić information content (AvgIpc) is 2.62. The Kier molecular flexibility index (Phi) is 6.98. The number of aromatic carboxylic acids is 1. The number of rotatable bonds is 9. The molecule has 1 amide bonds. The fourth-order valence-corrected chi connectivity index (χ4v) is 2.16. The van der Waals surface area contributed by atoms with Crippen LogP contribution >= 0.6 is 0 Å². The summed E-state index contributed by atoms with van der Waals surface area (Å²) in [5.41, 5.74) is 1.94. The van der Waals surface area contributed by atoms with Gasteiger partial charge in [0.1, 0.15) is 12.4 Å². The van der Waals surface area contributed by atoms with E-state index >= 15 is 0 Å². The van der Waals surface area contributed by atoms with E-state index in [0.29, 0.717) is 19.8 Å². The molecule has 0 aliphatic rings. The lowest BCUT2D eigenvalue weighted by Gasteiger charge is -2.08. The molecule has 25 heavy (non-hydrogen) atoms. The van der Waals surface area contributed by atoms with Gasteiger partial charge in [0.05, 0.1) is 18.6 Å². The Morgan fingerprint density at radius 3 is 2.20 bits per heavy atom. The topological polar surface area (TPSA) is 84.9 Å². The van der Waals surface area contributed by atoms with Gasteiger partial charge in [0, 0.05) is 13.7 Å². The molecule has 0 saturated heterocycles. The molecule has 0 unspecified atom stereocenters. The zero-order valence-electron chi connectivity index (χ0n) is 14.0. The van der Waals surface area contributed by atoms with E-state index in [2.05, 4.69) is 5.32 Å². The van der Waals surface area contributed by atoms with Crippen LogP contribution in [0.4, 0.5) is 0 Å². The van der Waals surface area contributed by atoms with Crippen molar-refractivity contribution in [1.29, 1.82) is 0 Å². The summed E-state index contributed by atoms with van der Waals surface area (Å²) in [6.07, 6.45) is 0.206. The second kappa shape index (κ2) is 9.44. The summed E-state index contributed by atoms with van der Waals surface area (Å²) in [7, 11) is 1.62. The minimum absolute atomic E-state index is 0.122. The zero-order chi connectivity index (χ0) is 18.1. The summed E-state index contributed by atoms with van der Waals surface area (Å²) in [5.74, 6) is -0.347. The van der Waals surface area contributed by atoms with E-state index in [4.69, 9.17) is 14.6 Å². The van der Waals surface area contributed by atoms with Crippen LogP contribution in [0.2, 0.25) is 0 Å². The summed E-state index contributed by atoms with van der Waals surface area (Å²) in [6.45, 7) is 1.45. The van der Waals surface area contributed by atoms with Crippen molar-refractivity contribution in [3.63, 3.8) is 0 Å². The zero-order valence-corrected chi connectivity index (χ0v) is 14.0. The monoisotopic (exact) mass is 343 g/mol. The van der Waals surface area contributed by atoms with Gasteiger partial charge in [0.2, 0.25) is 5.91 Å². The predicted molar refractivity (Wildman–Crippen MR) is 92.8 cm³/mol. The van der Waals surface area contributed by atoms with Crippen LogP contribution in [0, 0.1) is 0 Å². The number of amides is 1. The van der Waals surface area contributed by atoms with Gasteiger partial charge in [-0.15, -0.1) is 0 Å². The van der Waals surface area contributed by atoms with E-state index in [-0.39, 0.29) is 17.9 Å². The minimum Gasteiger partial charge on any atom is -0.491 e. The number of carboxylic acid groups (broad SMARTS) is 1. The van der Waals surface area contributed by atoms with Gasteiger partial charge < -0.3 is 19.9 Å². The highest BCUT2D eigenvalue weighted by molar-refractivity contribution is 5.87. The number of carbonyl (C=O) groups excluding carboxylic acids is 1. The number of nitrogens with one attached hydrogen (secondary N) is 1. The molecule has 0 radical (unpaired) electrons. The Bertz CT molecular complexity index is 695. The molecule has 2 aromatic rings. The highest BCUT2D eigenvalue weighted by atomic mass is 16.5. The second-order valence-electron chi connectivity index (χ2n) is 5.44. The van der Waals surface area contributed by atoms with Crippen LogP contribution in [0.3, 0.4) is 0 Å². The van der Waals surface area contributed by atoms with Crippen LogP contribution in [0.25, 0.3) is 0 Å². The van der Waals surface area contributed by atoms with Crippen molar-refractivity contribution in [2.75, 3.05) is 20.3 Å². The lowest BCUT2D eigenvalue weighted by molar-refractivity contribution is -0.120. The first kappa shape index (κ1) is 18.5. The minimum atomic E-state index is -0.981. The SMILES string of the molecule is COCCOc1ccc(CNC(=O)Cc2ccc(C(=O)O)cc2)cc1. The maximum absolute atomic E-state index is 12.0. The smallest absolute Gasteiger partial charge is 0.335 e. The molecule has 0 atom stereocenters. The Morgan fingerprint density at radius 1 is 0.960 bits per heavy atom. The molecular weight excluding hydrogens is 322 g/mol. The van der Waals surface area contributed by atoms with Crippen LogP contribution in [0.1, 0.15) is 21.5 Å². The number of methoxy groups -OCH3 is 1. The van der Waals surface area contributed by atoms with Gasteiger partial charge in [-0.05, 0) is 35.4 Å². The summed E-state index contributed by atoms with van der Waals surface area (Å²) < 4.78 is 10.4. The summed E-state index contributed by atoms with van der Waals surface area (Å²) >= 11 is 0. The highest BCUT2D eigenvalue weighted by Gasteiger charge is 2.06. The van der Waals surface area contributed by atoms with Crippen molar-refractivity contribution in [3.05, 3.63) is 65.2 Å². The normalized spacial score (nSPS) is 10.3.